The summed E-state index contributed by atoms with van der Waals surface area (Å²) in [5, 5.41) is 19.1. The van der Waals surface area contributed by atoms with E-state index in [4.69, 9.17) is 5.11 Å². The van der Waals surface area contributed by atoms with E-state index in [9.17, 15) is 14.9 Å². The van der Waals surface area contributed by atoms with Crippen LogP contribution in [0, 0.1) is 18.3 Å². The van der Waals surface area contributed by atoms with Gasteiger partial charge in [0.1, 0.15) is 11.6 Å². The summed E-state index contributed by atoms with van der Waals surface area (Å²) in [7, 11) is 0. The number of para-hydroxylation sites is 1. The molecule has 25 heavy (non-hydrogen) atoms. The van der Waals surface area contributed by atoms with E-state index in [1.54, 1.807) is 19.1 Å². The number of ketones is 1. The van der Waals surface area contributed by atoms with Crippen molar-refractivity contribution in [3.63, 3.8) is 0 Å². The Morgan fingerprint density at radius 1 is 1.12 bits per heavy atom. The van der Waals surface area contributed by atoms with Crippen LogP contribution in [0.4, 0.5) is 0 Å². The second-order valence-corrected chi connectivity index (χ2v) is 5.60. The van der Waals surface area contributed by atoms with Crippen molar-refractivity contribution in [2.75, 3.05) is 0 Å². The minimum Gasteiger partial charge on any atom is -0.478 e. The highest BCUT2D eigenvalue weighted by atomic mass is 16.4. The fourth-order valence-electron chi connectivity index (χ4n) is 2.74. The molecule has 3 aromatic rings. The van der Waals surface area contributed by atoms with Crippen molar-refractivity contribution >= 4 is 28.7 Å². The number of aromatic amines is 1. The molecule has 5 nitrogen and oxygen atoms in total. The smallest absolute Gasteiger partial charge is 0.335 e. The molecule has 0 fully saturated rings. The Balaban J connectivity index is 2.02. The summed E-state index contributed by atoms with van der Waals surface area (Å²) in [5.74, 6) is -1.39. The molecule has 2 aromatic carbocycles. The third-order valence-corrected chi connectivity index (χ3v) is 3.95. The molecular formula is C20H14N2O3. The maximum absolute atomic E-state index is 12.8. The lowest BCUT2D eigenvalue weighted by molar-refractivity contribution is 0.0696. The van der Waals surface area contributed by atoms with Gasteiger partial charge >= 0.3 is 5.97 Å². The molecule has 0 aliphatic rings. The van der Waals surface area contributed by atoms with Crippen molar-refractivity contribution < 1.29 is 14.7 Å². The van der Waals surface area contributed by atoms with Crippen LogP contribution in [-0.2, 0) is 0 Å². The van der Waals surface area contributed by atoms with Gasteiger partial charge in [-0.15, -0.1) is 0 Å². The van der Waals surface area contributed by atoms with Crippen molar-refractivity contribution in [2.24, 2.45) is 0 Å². The van der Waals surface area contributed by atoms with E-state index in [0.29, 0.717) is 16.8 Å². The van der Waals surface area contributed by atoms with Crippen molar-refractivity contribution in [3.05, 3.63) is 76.5 Å². The third-order valence-electron chi connectivity index (χ3n) is 3.95. The normalized spacial score (nSPS) is 11.3. The summed E-state index contributed by atoms with van der Waals surface area (Å²) in [5.41, 5.74) is 2.75. The lowest BCUT2D eigenvalue weighted by atomic mass is 9.99. The van der Waals surface area contributed by atoms with Gasteiger partial charge in [-0.2, -0.15) is 5.26 Å². The van der Waals surface area contributed by atoms with Gasteiger partial charge in [-0.05, 0) is 36.8 Å². The third kappa shape index (κ3) is 3.06. The van der Waals surface area contributed by atoms with Crippen LogP contribution in [0.25, 0.3) is 17.0 Å². The maximum Gasteiger partial charge on any atom is 0.335 e. The Morgan fingerprint density at radius 2 is 1.80 bits per heavy atom. The molecule has 0 aliphatic heterocycles. The Bertz CT molecular complexity index is 1050. The first kappa shape index (κ1) is 16.2. The zero-order valence-corrected chi connectivity index (χ0v) is 13.4. The van der Waals surface area contributed by atoms with Crippen LogP contribution < -0.4 is 0 Å². The number of fused-ring (bicyclic) bond motifs is 1. The van der Waals surface area contributed by atoms with Crippen LogP contribution in [0.5, 0.6) is 0 Å². The highest BCUT2D eigenvalue weighted by Gasteiger charge is 2.19. The van der Waals surface area contributed by atoms with Crippen molar-refractivity contribution in [2.45, 2.75) is 6.92 Å². The van der Waals surface area contributed by atoms with Gasteiger partial charge in [-0.25, -0.2) is 4.79 Å². The molecular weight excluding hydrogens is 316 g/mol. The van der Waals surface area contributed by atoms with E-state index in [0.717, 1.165) is 10.9 Å². The SMILES string of the molecule is Cc1[nH]c2ccccc2c1C(=O)/C(C#N)=C\c1ccc(C(=O)O)cc1. The van der Waals surface area contributed by atoms with Gasteiger partial charge in [-0.1, -0.05) is 30.3 Å². The first-order valence-electron chi connectivity index (χ1n) is 7.58. The largest absolute Gasteiger partial charge is 0.478 e. The number of carboxylic acids is 1. The number of Topliss-reactive ketones (excluding diaryl/α,β-unsaturated/α-hetero) is 1. The van der Waals surface area contributed by atoms with Crippen molar-refractivity contribution in [1.82, 2.24) is 4.98 Å². The van der Waals surface area contributed by atoms with Crippen LogP contribution in [0.15, 0.2) is 54.1 Å². The van der Waals surface area contributed by atoms with Crippen LogP contribution in [-0.4, -0.2) is 21.8 Å². The lowest BCUT2D eigenvalue weighted by Crippen LogP contribution is -2.03. The van der Waals surface area contributed by atoms with E-state index in [-0.39, 0.29) is 16.9 Å². The monoisotopic (exact) mass is 330 g/mol. The van der Waals surface area contributed by atoms with Gasteiger partial charge in [0.25, 0.3) is 0 Å². The summed E-state index contributed by atoms with van der Waals surface area (Å²) in [6.07, 6.45) is 1.47. The summed E-state index contributed by atoms with van der Waals surface area (Å²) in [6, 6.07) is 15.4. The zero-order chi connectivity index (χ0) is 18.0. The van der Waals surface area contributed by atoms with Crippen LogP contribution in [0.3, 0.4) is 0 Å². The first-order chi connectivity index (χ1) is 12.0. The van der Waals surface area contributed by atoms with Gasteiger partial charge < -0.3 is 10.1 Å². The number of H-pyrrole nitrogens is 1. The molecule has 3 rings (SSSR count). The van der Waals surface area contributed by atoms with Gasteiger partial charge in [0, 0.05) is 16.6 Å². The van der Waals surface area contributed by atoms with Gasteiger partial charge in [-0.3, -0.25) is 4.79 Å². The van der Waals surface area contributed by atoms with Gasteiger partial charge in [0.05, 0.1) is 11.1 Å². The number of rotatable bonds is 4. The molecule has 1 heterocycles. The first-order valence-corrected chi connectivity index (χ1v) is 7.58. The van der Waals surface area contributed by atoms with Gasteiger partial charge in [0.2, 0.25) is 5.78 Å². The molecule has 0 radical (unpaired) electrons. The molecule has 2 N–H and O–H groups in total. The minimum absolute atomic E-state index is 0.00377. The Hall–Kier alpha value is -3.65. The highest BCUT2D eigenvalue weighted by molar-refractivity contribution is 6.20. The summed E-state index contributed by atoms with van der Waals surface area (Å²) < 4.78 is 0. The Kier molecular flexibility index (Phi) is 4.19. The van der Waals surface area contributed by atoms with Crippen molar-refractivity contribution in [1.29, 1.82) is 5.26 Å². The number of aromatic nitrogens is 1. The standard InChI is InChI=1S/C20H14N2O3/c1-12-18(16-4-2-3-5-17(16)22-12)19(23)15(11-21)10-13-6-8-14(9-7-13)20(24)25/h2-10,22H,1H3,(H,24,25)/b15-10-. The number of carbonyl (C=O) groups is 2. The number of hydrogen-bond acceptors (Lipinski definition) is 3. The zero-order valence-electron chi connectivity index (χ0n) is 13.4. The fourth-order valence-corrected chi connectivity index (χ4v) is 2.74. The molecule has 0 unspecified atom stereocenters. The average molecular weight is 330 g/mol. The highest BCUT2D eigenvalue weighted by Crippen LogP contribution is 2.25. The fraction of sp³-hybridized carbons (Fsp3) is 0.0500. The molecule has 0 amide bonds. The van der Waals surface area contributed by atoms with Crippen LogP contribution in [0.2, 0.25) is 0 Å². The Morgan fingerprint density at radius 3 is 2.44 bits per heavy atom. The maximum atomic E-state index is 12.8. The van der Waals surface area contributed by atoms with E-state index >= 15 is 0 Å². The number of carbonyl (C=O) groups excluding carboxylic acids is 1. The summed E-state index contributed by atoms with van der Waals surface area (Å²) in [4.78, 5) is 26.9. The van der Waals surface area contributed by atoms with Crippen molar-refractivity contribution in [3.8, 4) is 6.07 Å². The molecule has 0 saturated heterocycles. The number of allylic oxidation sites excluding steroid dienone is 1. The van der Waals surface area contributed by atoms with Gasteiger partial charge in [0.15, 0.2) is 0 Å². The number of aromatic carboxylic acids is 1. The summed E-state index contributed by atoms with van der Waals surface area (Å²) in [6.45, 7) is 1.80. The number of hydrogen-bond donors (Lipinski definition) is 2. The molecule has 0 bridgehead atoms. The number of aryl methyl sites for hydroxylation is 1. The van der Waals surface area contributed by atoms with E-state index in [1.165, 1.54) is 18.2 Å². The second kappa shape index (κ2) is 6.46. The number of nitrogens with zero attached hydrogens (tertiary/aromatic N) is 1. The predicted molar refractivity (Wildman–Crippen MR) is 94.4 cm³/mol. The molecule has 0 aliphatic carbocycles. The Labute approximate surface area is 143 Å². The molecule has 1 aromatic heterocycles. The number of carboxylic acid groups (broad SMARTS) is 1. The molecule has 0 spiro atoms. The second-order valence-electron chi connectivity index (χ2n) is 5.60. The van der Waals surface area contributed by atoms with E-state index < -0.39 is 5.97 Å². The molecule has 0 saturated carbocycles. The molecule has 0 atom stereocenters. The van der Waals surface area contributed by atoms with Crippen LogP contribution in [0.1, 0.15) is 32.0 Å². The minimum atomic E-state index is -1.03. The number of benzene rings is 2. The number of nitrogens with one attached hydrogen (secondary N) is 1. The van der Waals surface area contributed by atoms with E-state index in [2.05, 4.69) is 4.98 Å². The quantitative estimate of drug-likeness (QED) is 0.430. The average Bonchev–Trinajstić information content (AvgIpc) is 2.95. The lowest BCUT2D eigenvalue weighted by Gasteiger charge is -2.01. The summed E-state index contributed by atoms with van der Waals surface area (Å²) >= 11 is 0. The molecule has 122 valence electrons. The topological polar surface area (TPSA) is 94.0 Å². The molecule has 5 heteroatoms. The predicted octanol–water partition coefficient (Wildman–Crippen LogP) is 3.96. The van der Waals surface area contributed by atoms with E-state index in [1.807, 2.05) is 30.3 Å². The van der Waals surface area contributed by atoms with Crippen LogP contribution >= 0.6 is 0 Å². The number of nitriles is 1.